The third-order valence-corrected chi connectivity index (χ3v) is 9.33. The van der Waals surface area contributed by atoms with Crippen LogP contribution in [0.15, 0.2) is 24.3 Å². The number of carboxylic acids is 1. The number of nitro groups is 1. The molecule has 27 heavy (non-hydrogen) atoms. The maximum Gasteiger partial charge on any atom is 0.326 e. The van der Waals surface area contributed by atoms with Gasteiger partial charge in [-0.3, -0.25) is 14.9 Å². The normalized spacial score (nSPS) is 13.1. The van der Waals surface area contributed by atoms with Crippen LogP contribution in [0.1, 0.15) is 32.8 Å². The number of amides is 1. The number of hydrogen-bond acceptors (Lipinski definition) is 5. The molecule has 0 saturated heterocycles. The van der Waals surface area contributed by atoms with Crippen molar-refractivity contribution >= 4 is 25.9 Å². The predicted octanol–water partition coefficient (Wildman–Crippen LogP) is 3.12. The van der Waals surface area contributed by atoms with Gasteiger partial charge in [-0.25, -0.2) is 4.79 Å². The molecule has 0 aliphatic rings. The minimum atomic E-state index is -1.99. The molecule has 0 aliphatic heterocycles. The second-order valence-electron chi connectivity index (χ2n) is 7.96. The fourth-order valence-electron chi connectivity index (χ4n) is 2.12. The summed E-state index contributed by atoms with van der Waals surface area (Å²) in [5.41, 5.74) is 0.334. The summed E-state index contributed by atoms with van der Waals surface area (Å²) in [4.78, 5) is 33.8. The van der Waals surface area contributed by atoms with E-state index in [0.717, 1.165) is 0 Å². The SMILES string of the molecule is CC(C)(C)[Si](C)(C)OCC[C@@H](NC(=O)Cc1cccc([N+](=O)[O-])c1)C(=O)O. The van der Waals surface area contributed by atoms with Gasteiger partial charge < -0.3 is 14.8 Å². The van der Waals surface area contributed by atoms with Gasteiger partial charge in [0.15, 0.2) is 8.32 Å². The van der Waals surface area contributed by atoms with Crippen molar-refractivity contribution in [2.24, 2.45) is 0 Å². The third kappa shape index (κ3) is 7.10. The summed E-state index contributed by atoms with van der Waals surface area (Å²) in [7, 11) is -1.99. The van der Waals surface area contributed by atoms with Crippen molar-refractivity contribution in [3.8, 4) is 0 Å². The molecule has 0 aliphatic carbocycles. The average Bonchev–Trinajstić information content (AvgIpc) is 2.52. The van der Waals surface area contributed by atoms with E-state index in [2.05, 4.69) is 39.2 Å². The summed E-state index contributed by atoms with van der Waals surface area (Å²) in [5, 5.41) is 22.6. The molecule has 1 aromatic rings. The summed E-state index contributed by atoms with van der Waals surface area (Å²) in [6, 6.07) is 4.64. The summed E-state index contributed by atoms with van der Waals surface area (Å²) in [6.45, 7) is 10.7. The summed E-state index contributed by atoms with van der Waals surface area (Å²) in [5.74, 6) is -1.64. The van der Waals surface area contributed by atoms with E-state index in [0.29, 0.717) is 5.56 Å². The zero-order chi connectivity index (χ0) is 20.8. The molecule has 1 aromatic carbocycles. The lowest BCUT2D eigenvalue weighted by molar-refractivity contribution is -0.384. The highest BCUT2D eigenvalue weighted by Crippen LogP contribution is 2.36. The summed E-state index contributed by atoms with van der Waals surface area (Å²) < 4.78 is 5.97. The van der Waals surface area contributed by atoms with E-state index in [9.17, 15) is 24.8 Å². The number of non-ortho nitro benzene ring substituents is 1. The molecule has 1 atom stereocenters. The highest BCUT2D eigenvalue weighted by atomic mass is 28.4. The lowest BCUT2D eigenvalue weighted by Gasteiger charge is -2.36. The van der Waals surface area contributed by atoms with Crippen LogP contribution >= 0.6 is 0 Å². The zero-order valence-corrected chi connectivity index (χ0v) is 17.4. The molecular formula is C18H28N2O6Si. The third-order valence-electron chi connectivity index (χ3n) is 4.79. The molecule has 150 valence electrons. The van der Waals surface area contributed by atoms with Crippen molar-refractivity contribution < 1.29 is 24.0 Å². The molecule has 0 heterocycles. The average molecular weight is 397 g/mol. The summed E-state index contributed by atoms with van der Waals surface area (Å²) in [6.07, 6.45) is 0.0249. The van der Waals surface area contributed by atoms with Crippen LogP contribution in [0.4, 0.5) is 5.69 Å². The Hall–Kier alpha value is -2.26. The predicted molar refractivity (Wildman–Crippen MR) is 104 cm³/mol. The second kappa shape index (κ2) is 9.09. The highest BCUT2D eigenvalue weighted by molar-refractivity contribution is 6.74. The van der Waals surface area contributed by atoms with Crippen LogP contribution in [-0.2, 0) is 20.4 Å². The number of rotatable bonds is 9. The number of nitrogens with zero attached hydrogens (tertiary/aromatic N) is 1. The quantitative estimate of drug-likeness (QED) is 0.376. The minimum absolute atomic E-state index is 0.0109. The van der Waals surface area contributed by atoms with Crippen LogP contribution in [0, 0.1) is 10.1 Å². The molecular weight excluding hydrogens is 368 g/mol. The lowest BCUT2D eigenvalue weighted by atomic mass is 10.1. The number of benzene rings is 1. The maximum atomic E-state index is 12.2. The number of nitro benzene ring substituents is 1. The van der Waals surface area contributed by atoms with E-state index in [1.165, 1.54) is 18.2 Å². The van der Waals surface area contributed by atoms with Crippen LogP contribution in [-0.4, -0.2) is 42.9 Å². The first-order valence-electron chi connectivity index (χ1n) is 8.73. The van der Waals surface area contributed by atoms with E-state index in [1.54, 1.807) is 6.07 Å². The highest BCUT2D eigenvalue weighted by Gasteiger charge is 2.37. The first-order valence-corrected chi connectivity index (χ1v) is 11.6. The van der Waals surface area contributed by atoms with E-state index in [4.69, 9.17) is 4.43 Å². The van der Waals surface area contributed by atoms with Gasteiger partial charge in [0.1, 0.15) is 6.04 Å². The number of carbonyl (C=O) groups is 2. The van der Waals surface area contributed by atoms with Crippen molar-refractivity contribution in [1.82, 2.24) is 5.32 Å². The van der Waals surface area contributed by atoms with E-state index < -0.39 is 31.2 Å². The Morgan fingerprint density at radius 1 is 1.33 bits per heavy atom. The number of carbonyl (C=O) groups excluding carboxylic acids is 1. The van der Waals surface area contributed by atoms with Gasteiger partial charge in [-0.1, -0.05) is 32.9 Å². The Morgan fingerprint density at radius 2 is 1.96 bits per heavy atom. The van der Waals surface area contributed by atoms with Crippen LogP contribution in [0.2, 0.25) is 18.1 Å². The Morgan fingerprint density at radius 3 is 2.48 bits per heavy atom. The molecule has 0 aromatic heterocycles. The fraction of sp³-hybridized carbons (Fsp3) is 0.556. The van der Waals surface area contributed by atoms with Gasteiger partial charge in [0.25, 0.3) is 5.69 Å². The second-order valence-corrected chi connectivity index (χ2v) is 12.8. The molecule has 0 radical (unpaired) electrons. The maximum absolute atomic E-state index is 12.2. The number of hydrogen-bond donors (Lipinski definition) is 2. The number of carboxylic acid groups (broad SMARTS) is 1. The van der Waals surface area contributed by atoms with Gasteiger partial charge in [-0.15, -0.1) is 0 Å². The van der Waals surface area contributed by atoms with Gasteiger partial charge in [-0.2, -0.15) is 0 Å². The Balaban J connectivity index is 2.64. The fourth-order valence-corrected chi connectivity index (χ4v) is 3.18. The Bertz CT molecular complexity index is 699. The monoisotopic (exact) mass is 396 g/mol. The molecule has 0 bridgehead atoms. The van der Waals surface area contributed by atoms with Crippen LogP contribution in [0.25, 0.3) is 0 Å². The minimum Gasteiger partial charge on any atom is -0.480 e. The van der Waals surface area contributed by atoms with Gasteiger partial charge in [-0.05, 0) is 23.7 Å². The first kappa shape index (κ1) is 22.8. The van der Waals surface area contributed by atoms with Crippen LogP contribution in [0.3, 0.4) is 0 Å². The Kier molecular flexibility index (Phi) is 7.67. The van der Waals surface area contributed by atoms with Crippen molar-refractivity contribution in [3.63, 3.8) is 0 Å². The standard InChI is InChI=1S/C18H28N2O6Si/c1-18(2,3)27(4,5)26-10-9-15(17(22)23)19-16(21)12-13-7-6-8-14(11-13)20(24)25/h6-8,11,15H,9-10,12H2,1-5H3,(H,19,21)(H,22,23)/t15-/m1/s1. The molecule has 0 saturated carbocycles. The number of nitrogens with one attached hydrogen (secondary N) is 1. The van der Waals surface area contributed by atoms with Crippen LogP contribution < -0.4 is 5.32 Å². The lowest BCUT2D eigenvalue weighted by Crippen LogP contribution is -2.45. The van der Waals surface area contributed by atoms with Crippen molar-refractivity contribution in [3.05, 3.63) is 39.9 Å². The summed E-state index contributed by atoms with van der Waals surface area (Å²) >= 11 is 0. The van der Waals surface area contributed by atoms with E-state index in [-0.39, 0.29) is 30.2 Å². The van der Waals surface area contributed by atoms with Gasteiger partial charge in [0.2, 0.25) is 5.91 Å². The largest absolute Gasteiger partial charge is 0.480 e. The molecule has 1 rings (SSSR count). The molecule has 0 unspecified atom stereocenters. The smallest absolute Gasteiger partial charge is 0.326 e. The molecule has 2 N–H and O–H groups in total. The Labute approximate surface area is 160 Å². The van der Waals surface area contributed by atoms with Crippen molar-refractivity contribution in [2.45, 2.75) is 57.8 Å². The molecule has 1 amide bonds. The molecule has 0 spiro atoms. The number of aliphatic carboxylic acids is 1. The molecule has 8 nitrogen and oxygen atoms in total. The molecule has 9 heteroatoms. The van der Waals surface area contributed by atoms with E-state index in [1.807, 2.05) is 0 Å². The first-order chi connectivity index (χ1) is 12.3. The van der Waals surface area contributed by atoms with Gasteiger partial charge >= 0.3 is 5.97 Å². The van der Waals surface area contributed by atoms with Gasteiger partial charge in [0, 0.05) is 25.2 Å². The van der Waals surface area contributed by atoms with E-state index >= 15 is 0 Å². The van der Waals surface area contributed by atoms with Crippen molar-refractivity contribution in [2.75, 3.05) is 6.61 Å². The van der Waals surface area contributed by atoms with Crippen molar-refractivity contribution in [1.29, 1.82) is 0 Å². The molecule has 0 fully saturated rings. The topological polar surface area (TPSA) is 119 Å². The zero-order valence-electron chi connectivity index (χ0n) is 16.4. The van der Waals surface area contributed by atoms with Gasteiger partial charge in [0.05, 0.1) is 11.3 Å². The van der Waals surface area contributed by atoms with Crippen LogP contribution in [0.5, 0.6) is 0 Å².